The minimum atomic E-state index is -1.01. The summed E-state index contributed by atoms with van der Waals surface area (Å²) in [6.07, 6.45) is 0. The van der Waals surface area contributed by atoms with Crippen LogP contribution in [0.25, 0.3) is 0 Å². The molecular weight excluding hydrogens is 272 g/mol. The van der Waals surface area contributed by atoms with Crippen LogP contribution in [-0.4, -0.2) is 35.3 Å². The lowest BCUT2D eigenvalue weighted by molar-refractivity contribution is -0.188. The van der Waals surface area contributed by atoms with E-state index in [0.717, 1.165) is 0 Å². The number of halogens is 1. The predicted molar refractivity (Wildman–Crippen MR) is 71.2 cm³/mol. The molecule has 7 heteroatoms. The predicted octanol–water partition coefficient (Wildman–Crippen LogP) is 0.533. The first-order chi connectivity index (χ1) is 8.32. The van der Waals surface area contributed by atoms with Crippen LogP contribution in [0.2, 0.25) is 0 Å². The number of hydrogen-bond acceptors (Lipinski definition) is 5. The van der Waals surface area contributed by atoms with E-state index in [-0.39, 0.29) is 24.9 Å². The van der Waals surface area contributed by atoms with Crippen molar-refractivity contribution in [2.45, 2.75) is 33.7 Å². The Balaban J connectivity index is 0.00000324. The van der Waals surface area contributed by atoms with Gasteiger partial charge in [-0.3, -0.25) is 19.2 Å². The molecule has 1 rings (SSSR count). The number of hydrogen-bond donors (Lipinski definition) is 1. The summed E-state index contributed by atoms with van der Waals surface area (Å²) in [4.78, 5) is 40.9. The van der Waals surface area contributed by atoms with Crippen molar-refractivity contribution in [3.05, 3.63) is 0 Å². The van der Waals surface area contributed by atoms with Gasteiger partial charge in [0.1, 0.15) is 5.92 Å². The molecule has 3 atom stereocenters. The standard InChI is InChI=1S/C12H20N2O4.ClH/c1-5-18-14-11(16)7(4)8(12(14)17)10(15)9(13)6(2)3;/h6-9H,5,13H2,1-4H3;1H/t7-,8+,9-;/m0./s1. The quantitative estimate of drug-likeness (QED) is 0.590. The molecule has 2 N–H and O–H groups in total. The largest absolute Gasteiger partial charge is 0.321 e. The fourth-order valence-corrected chi connectivity index (χ4v) is 1.94. The number of rotatable bonds is 5. The molecule has 0 aromatic carbocycles. The Morgan fingerprint density at radius 3 is 2.32 bits per heavy atom. The summed E-state index contributed by atoms with van der Waals surface area (Å²) in [5.74, 6) is -3.26. The second-order valence-electron chi connectivity index (χ2n) is 4.83. The zero-order valence-electron chi connectivity index (χ0n) is 11.6. The zero-order valence-corrected chi connectivity index (χ0v) is 12.4. The Morgan fingerprint density at radius 2 is 1.89 bits per heavy atom. The van der Waals surface area contributed by atoms with Crippen LogP contribution in [0.3, 0.4) is 0 Å². The van der Waals surface area contributed by atoms with E-state index in [1.165, 1.54) is 0 Å². The third-order valence-electron chi connectivity index (χ3n) is 3.17. The van der Waals surface area contributed by atoms with Crippen LogP contribution in [0.15, 0.2) is 0 Å². The van der Waals surface area contributed by atoms with Gasteiger partial charge in [-0.1, -0.05) is 20.8 Å². The van der Waals surface area contributed by atoms with Crippen LogP contribution in [-0.2, 0) is 19.2 Å². The number of nitrogens with zero attached hydrogens (tertiary/aromatic N) is 1. The van der Waals surface area contributed by atoms with Crippen molar-refractivity contribution in [3.63, 3.8) is 0 Å². The van der Waals surface area contributed by atoms with Gasteiger partial charge in [0.05, 0.1) is 18.6 Å². The van der Waals surface area contributed by atoms with E-state index in [9.17, 15) is 14.4 Å². The molecule has 0 radical (unpaired) electrons. The van der Waals surface area contributed by atoms with Crippen molar-refractivity contribution in [1.29, 1.82) is 0 Å². The Labute approximate surface area is 119 Å². The Hall–Kier alpha value is -0.980. The smallest absolute Gasteiger partial charge is 0.264 e. The maximum absolute atomic E-state index is 12.1. The van der Waals surface area contributed by atoms with Gasteiger partial charge in [0.25, 0.3) is 11.8 Å². The monoisotopic (exact) mass is 292 g/mol. The van der Waals surface area contributed by atoms with Gasteiger partial charge in [0.15, 0.2) is 5.78 Å². The third kappa shape index (κ3) is 3.32. The molecule has 2 amide bonds. The molecule has 0 spiro atoms. The maximum atomic E-state index is 12.1. The van der Waals surface area contributed by atoms with Crippen molar-refractivity contribution in [2.24, 2.45) is 23.5 Å². The molecule has 1 saturated heterocycles. The minimum absolute atomic E-state index is 0. The number of hydroxylamine groups is 2. The van der Waals surface area contributed by atoms with Crippen LogP contribution < -0.4 is 5.73 Å². The summed E-state index contributed by atoms with van der Waals surface area (Å²) >= 11 is 0. The Bertz CT molecular complexity index is 373. The molecule has 110 valence electrons. The van der Waals surface area contributed by atoms with Gasteiger partial charge in [-0.25, -0.2) is 0 Å². The maximum Gasteiger partial charge on any atom is 0.264 e. The highest BCUT2D eigenvalue weighted by molar-refractivity contribution is 6.15. The van der Waals surface area contributed by atoms with Gasteiger partial charge in [-0.15, -0.1) is 12.4 Å². The number of carbonyl (C=O) groups excluding carboxylic acids is 3. The van der Waals surface area contributed by atoms with Gasteiger partial charge in [0, 0.05) is 0 Å². The van der Waals surface area contributed by atoms with E-state index in [1.54, 1.807) is 27.7 Å². The van der Waals surface area contributed by atoms with Gasteiger partial charge in [0.2, 0.25) is 0 Å². The van der Waals surface area contributed by atoms with Crippen molar-refractivity contribution in [3.8, 4) is 0 Å². The summed E-state index contributed by atoms with van der Waals surface area (Å²) in [7, 11) is 0. The SMILES string of the molecule is CCON1C(=O)[C@@H](C(=O)[C@@H](N)C(C)C)[C@H](C)C1=O.Cl. The lowest BCUT2D eigenvalue weighted by Crippen LogP contribution is -2.43. The van der Waals surface area contributed by atoms with E-state index in [1.807, 2.05) is 0 Å². The molecule has 0 bridgehead atoms. The van der Waals surface area contributed by atoms with E-state index < -0.39 is 35.5 Å². The van der Waals surface area contributed by atoms with Crippen LogP contribution in [0.4, 0.5) is 0 Å². The molecule has 1 heterocycles. The van der Waals surface area contributed by atoms with Gasteiger partial charge < -0.3 is 5.73 Å². The molecule has 6 nitrogen and oxygen atoms in total. The van der Waals surface area contributed by atoms with Gasteiger partial charge in [-0.05, 0) is 12.8 Å². The summed E-state index contributed by atoms with van der Waals surface area (Å²) in [6, 6.07) is -0.740. The molecule has 0 aromatic heterocycles. The highest BCUT2D eigenvalue weighted by Crippen LogP contribution is 2.28. The average molecular weight is 293 g/mol. The Morgan fingerprint density at radius 1 is 1.37 bits per heavy atom. The highest BCUT2D eigenvalue weighted by atomic mass is 35.5. The minimum Gasteiger partial charge on any atom is -0.321 e. The van der Waals surface area contributed by atoms with E-state index in [0.29, 0.717) is 5.06 Å². The summed E-state index contributed by atoms with van der Waals surface area (Å²) in [5, 5.41) is 0.695. The second-order valence-corrected chi connectivity index (χ2v) is 4.83. The summed E-state index contributed by atoms with van der Waals surface area (Å²) < 4.78 is 0. The number of ketones is 1. The van der Waals surface area contributed by atoms with Crippen LogP contribution >= 0.6 is 12.4 Å². The van der Waals surface area contributed by atoms with Crippen LogP contribution in [0.5, 0.6) is 0 Å². The lowest BCUT2D eigenvalue weighted by atomic mass is 9.85. The zero-order chi connectivity index (χ0) is 14.0. The highest BCUT2D eigenvalue weighted by Gasteiger charge is 2.51. The first-order valence-electron chi connectivity index (χ1n) is 6.12. The van der Waals surface area contributed by atoms with E-state index in [4.69, 9.17) is 10.6 Å². The number of carbonyl (C=O) groups is 3. The summed E-state index contributed by atoms with van der Waals surface area (Å²) in [6.45, 7) is 7.01. The molecule has 1 aliphatic heterocycles. The average Bonchev–Trinajstić information content (AvgIpc) is 2.52. The number of nitrogens with two attached hydrogens (primary N) is 1. The lowest BCUT2D eigenvalue weighted by Gasteiger charge is -2.19. The molecule has 0 aromatic rings. The fraction of sp³-hybridized carbons (Fsp3) is 0.750. The van der Waals surface area contributed by atoms with Crippen molar-refractivity contribution >= 4 is 30.0 Å². The number of imide groups is 1. The Kier molecular flexibility index (Phi) is 6.62. The van der Waals surface area contributed by atoms with Gasteiger partial charge >= 0.3 is 0 Å². The van der Waals surface area contributed by atoms with Crippen LogP contribution in [0, 0.1) is 17.8 Å². The molecule has 0 aliphatic carbocycles. The fourth-order valence-electron chi connectivity index (χ4n) is 1.94. The van der Waals surface area contributed by atoms with Crippen molar-refractivity contribution < 1.29 is 19.2 Å². The number of amides is 2. The normalized spacial score (nSPS) is 24.6. The van der Waals surface area contributed by atoms with E-state index in [2.05, 4.69) is 0 Å². The van der Waals surface area contributed by atoms with Crippen molar-refractivity contribution in [2.75, 3.05) is 6.61 Å². The molecule has 19 heavy (non-hydrogen) atoms. The van der Waals surface area contributed by atoms with E-state index >= 15 is 0 Å². The first kappa shape index (κ1) is 18.0. The van der Waals surface area contributed by atoms with Gasteiger partial charge in [-0.2, -0.15) is 5.06 Å². The molecular formula is C12H21ClN2O4. The first-order valence-corrected chi connectivity index (χ1v) is 6.12. The third-order valence-corrected chi connectivity index (χ3v) is 3.17. The summed E-state index contributed by atoms with van der Waals surface area (Å²) in [5.41, 5.74) is 5.76. The molecule has 0 saturated carbocycles. The topological polar surface area (TPSA) is 89.7 Å². The molecule has 1 fully saturated rings. The van der Waals surface area contributed by atoms with Crippen LogP contribution in [0.1, 0.15) is 27.7 Å². The van der Waals surface area contributed by atoms with Crippen molar-refractivity contribution in [1.82, 2.24) is 5.06 Å². The number of Topliss-reactive ketones (excluding diaryl/α,β-unsaturated/α-hetero) is 1. The second kappa shape index (κ2) is 6.98. The molecule has 1 aliphatic rings. The molecule has 0 unspecified atom stereocenters.